The van der Waals surface area contributed by atoms with Gasteiger partial charge >= 0.3 is 0 Å². The average molecular weight is 165 g/mol. The fourth-order valence-corrected chi connectivity index (χ4v) is 0.797. The first-order chi connectivity index (χ1) is 5.65. The number of hydrogen-bond acceptors (Lipinski definition) is 3. The van der Waals surface area contributed by atoms with Crippen molar-refractivity contribution in [1.29, 1.82) is 0 Å². The molecular formula is C8H7NO3. The highest BCUT2D eigenvalue weighted by atomic mass is 16.3. The summed E-state index contributed by atoms with van der Waals surface area (Å²) in [7, 11) is 0. The minimum atomic E-state index is -0.636. The average Bonchev–Trinajstić information content (AvgIpc) is 2.04. The SMILES string of the molecule is NC(=O)c1ccc(C=O)c(O)c1. The third-order valence-electron chi connectivity index (χ3n) is 1.44. The zero-order valence-electron chi connectivity index (χ0n) is 6.15. The standard InChI is InChI=1S/C8H7NO3/c9-8(12)5-1-2-6(4-10)7(11)3-5/h1-4,11H,(H2,9,12). The molecule has 3 N–H and O–H groups in total. The summed E-state index contributed by atoms with van der Waals surface area (Å²) in [6.07, 6.45) is 0.500. The first-order valence-corrected chi connectivity index (χ1v) is 3.23. The van der Waals surface area contributed by atoms with E-state index in [1.54, 1.807) is 0 Å². The summed E-state index contributed by atoms with van der Waals surface area (Å²) in [6.45, 7) is 0. The highest BCUT2D eigenvalue weighted by Crippen LogP contribution is 2.16. The van der Waals surface area contributed by atoms with Crippen molar-refractivity contribution in [2.45, 2.75) is 0 Å². The number of phenolic OH excluding ortho intramolecular Hbond substituents is 1. The van der Waals surface area contributed by atoms with Crippen LogP contribution in [-0.2, 0) is 0 Å². The third-order valence-corrected chi connectivity index (χ3v) is 1.44. The van der Waals surface area contributed by atoms with Crippen molar-refractivity contribution >= 4 is 12.2 Å². The van der Waals surface area contributed by atoms with Gasteiger partial charge < -0.3 is 10.8 Å². The van der Waals surface area contributed by atoms with Crippen molar-refractivity contribution in [2.24, 2.45) is 5.73 Å². The van der Waals surface area contributed by atoms with E-state index in [0.717, 1.165) is 6.07 Å². The van der Waals surface area contributed by atoms with Gasteiger partial charge in [0.15, 0.2) is 6.29 Å². The van der Waals surface area contributed by atoms with Crippen molar-refractivity contribution in [1.82, 2.24) is 0 Å². The van der Waals surface area contributed by atoms with Gasteiger partial charge in [0.05, 0.1) is 5.56 Å². The second-order valence-electron chi connectivity index (χ2n) is 2.26. The fraction of sp³-hybridized carbons (Fsp3) is 0. The van der Waals surface area contributed by atoms with Crippen LogP contribution < -0.4 is 5.73 Å². The van der Waals surface area contributed by atoms with Crippen molar-refractivity contribution in [3.8, 4) is 5.75 Å². The Morgan fingerprint density at radius 1 is 1.50 bits per heavy atom. The first kappa shape index (κ1) is 8.26. The molecule has 0 spiro atoms. The van der Waals surface area contributed by atoms with Crippen LogP contribution in [0.25, 0.3) is 0 Å². The molecule has 0 radical (unpaired) electrons. The maximum atomic E-state index is 10.6. The molecule has 1 aromatic carbocycles. The predicted molar refractivity (Wildman–Crippen MR) is 42.0 cm³/mol. The summed E-state index contributed by atoms with van der Waals surface area (Å²) in [4.78, 5) is 20.8. The molecule has 4 nitrogen and oxygen atoms in total. The Bertz CT molecular complexity index is 333. The minimum absolute atomic E-state index is 0.139. The van der Waals surface area contributed by atoms with E-state index in [-0.39, 0.29) is 16.9 Å². The van der Waals surface area contributed by atoms with Gasteiger partial charge in [0.2, 0.25) is 5.91 Å². The molecule has 62 valence electrons. The lowest BCUT2D eigenvalue weighted by atomic mass is 10.1. The summed E-state index contributed by atoms with van der Waals surface area (Å²) in [6, 6.07) is 3.88. The molecule has 0 aliphatic carbocycles. The number of rotatable bonds is 2. The Balaban J connectivity index is 3.18. The quantitative estimate of drug-likeness (QED) is 0.618. The number of amides is 1. The van der Waals surface area contributed by atoms with Crippen LogP contribution in [0.2, 0.25) is 0 Å². The Kier molecular flexibility index (Phi) is 2.09. The molecule has 0 bridgehead atoms. The first-order valence-electron chi connectivity index (χ1n) is 3.23. The van der Waals surface area contributed by atoms with Crippen molar-refractivity contribution < 1.29 is 14.7 Å². The summed E-state index contributed by atoms with van der Waals surface area (Å²) < 4.78 is 0. The highest BCUT2D eigenvalue weighted by Gasteiger charge is 2.04. The van der Waals surface area contributed by atoms with E-state index >= 15 is 0 Å². The zero-order valence-corrected chi connectivity index (χ0v) is 6.15. The molecule has 0 unspecified atom stereocenters. The van der Waals surface area contributed by atoms with E-state index in [4.69, 9.17) is 10.8 Å². The monoisotopic (exact) mass is 165 g/mol. The Morgan fingerprint density at radius 3 is 2.58 bits per heavy atom. The van der Waals surface area contributed by atoms with Gasteiger partial charge in [-0.1, -0.05) is 0 Å². The number of hydrogen-bond donors (Lipinski definition) is 2. The van der Waals surface area contributed by atoms with Crippen LogP contribution in [0.4, 0.5) is 0 Å². The van der Waals surface area contributed by atoms with Gasteiger partial charge in [-0.3, -0.25) is 9.59 Å². The van der Waals surface area contributed by atoms with E-state index in [1.165, 1.54) is 12.1 Å². The maximum absolute atomic E-state index is 10.6. The molecule has 0 atom stereocenters. The van der Waals surface area contributed by atoms with Crippen molar-refractivity contribution in [3.05, 3.63) is 29.3 Å². The van der Waals surface area contributed by atoms with Crippen molar-refractivity contribution in [2.75, 3.05) is 0 Å². The van der Waals surface area contributed by atoms with Crippen LogP contribution in [0.1, 0.15) is 20.7 Å². The Hall–Kier alpha value is -1.84. The molecule has 0 saturated carbocycles. The number of primary amides is 1. The van der Waals surface area contributed by atoms with E-state index in [2.05, 4.69) is 0 Å². The van der Waals surface area contributed by atoms with Gasteiger partial charge in [0.25, 0.3) is 0 Å². The normalized spacial score (nSPS) is 9.33. The molecule has 0 aliphatic heterocycles. The lowest BCUT2D eigenvalue weighted by molar-refractivity contribution is 0.0998. The molecule has 0 heterocycles. The van der Waals surface area contributed by atoms with E-state index in [1.807, 2.05) is 0 Å². The van der Waals surface area contributed by atoms with Gasteiger partial charge in [-0.2, -0.15) is 0 Å². The fourth-order valence-electron chi connectivity index (χ4n) is 0.797. The molecular weight excluding hydrogens is 158 g/mol. The summed E-state index contributed by atoms with van der Waals surface area (Å²) >= 11 is 0. The number of aromatic hydroxyl groups is 1. The van der Waals surface area contributed by atoms with Crippen LogP contribution >= 0.6 is 0 Å². The van der Waals surface area contributed by atoms with E-state index in [0.29, 0.717) is 6.29 Å². The lowest BCUT2D eigenvalue weighted by Gasteiger charge is -1.98. The number of carbonyl (C=O) groups is 2. The van der Waals surface area contributed by atoms with Gasteiger partial charge in [-0.25, -0.2) is 0 Å². The number of nitrogens with two attached hydrogens (primary N) is 1. The number of aldehydes is 1. The van der Waals surface area contributed by atoms with Crippen LogP contribution in [0.3, 0.4) is 0 Å². The second kappa shape index (κ2) is 3.04. The van der Waals surface area contributed by atoms with Gasteiger partial charge in [-0.05, 0) is 18.2 Å². The summed E-state index contributed by atoms with van der Waals surface area (Å²) in [5, 5.41) is 9.10. The van der Waals surface area contributed by atoms with Crippen LogP contribution in [0, 0.1) is 0 Å². The van der Waals surface area contributed by atoms with Gasteiger partial charge in [0, 0.05) is 5.56 Å². The maximum Gasteiger partial charge on any atom is 0.248 e. The van der Waals surface area contributed by atoms with Gasteiger partial charge in [0.1, 0.15) is 5.75 Å². The molecule has 1 rings (SSSR count). The largest absolute Gasteiger partial charge is 0.507 e. The second-order valence-corrected chi connectivity index (χ2v) is 2.26. The topological polar surface area (TPSA) is 80.4 Å². The van der Waals surface area contributed by atoms with Crippen molar-refractivity contribution in [3.63, 3.8) is 0 Å². The van der Waals surface area contributed by atoms with Crippen LogP contribution in [0.5, 0.6) is 5.75 Å². The molecule has 0 fully saturated rings. The van der Waals surface area contributed by atoms with Crippen LogP contribution in [0.15, 0.2) is 18.2 Å². The summed E-state index contributed by atoms with van der Waals surface area (Å²) in [5.41, 5.74) is 5.25. The van der Waals surface area contributed by atoms with E-state index in [9.17, 15) is 9.59 Å². The molecule has 1 amide bonds. The smallest absolute Gasteiger partial charge is 0.248 e. The lowest BCUT2D eigenvalue weighted by Crippen LogP contribution is -2.10. The highest BCUT2D eigenvalue weighted by molar-refractivity contribution is 5.94. The molecule has 0 aromatic heterocycles. The number of phenols is 1. The number of benzene rings is 1. The molecule has 1 aromatic rings. The predicted octanol–water partition coefficient (Wildman–Crippen LogP) is 0.304. The zero-order chi connectivity index (χ0) is 9.14. The molecule has 0 aliphatic rings. The molecule has 12 heavy (non-hydrogen) atoms. The number of carbonyl (C=O) groups excluding carboxylic acids is 2. The van der Waals surface area contributed by atoms with Crippen LogP contribution in [-0.4, -0.2) is 17.3 Å². The molecule has 0 saturated heterocycles. The van der Waals surface area contributed by atoms with E-state index < -0.39 is 5.91 Å². The minimum Gasteiger partial charge on any atom is -0.507 e. The van der Waals surface area contributed by atoms with Gasteiger partial charge in [-0.15, -0.1) is 0 Å². The third kappa shape index (κ3) is 1.42. The Labute approximate surface area is 68.6 Å². The Morgan fingerprint density at radius 2 is 2.17 bits per heavy atom. The molecule has 4 heteroatoms. The summed E-state index contributed by atoms with van der Waals surface area (Å²) in [5.74, 6) is -0.871.